The van der Waals surface area contributed by atoms with E-state index in [1.807, 2.05) is 0 Å². The van der Waals surface area contributed by atoms with Gasteiger partial charge in [-0.3, -0.25) is 0 Å². The zero-order chi connectivity index (χ0) is 14.8. The lowest BCUT2D eigenvalue weighted by Crippen LogP contribution is -2.43. The van der Waals surface area contributed by atoms with Crippen molar-refractivity contribution >= 4 is 9.84 Å². The molecule has 0 bridgehead atoms. The highest BCUT2D eigenvalue weighted by Crippen LogP contribution is 2.24. The van der Waals surface area contributed by atoms with E-state index in [9.17, 15) is 12.8 Å². The summed E-state index contributed by atoms with van der Waals surface area (Å²) in [7, 11) is -2.91. The maximum absolute atomic E-state index is 13.0. The zero-order valence-electron chi connectivity index (χ0n) is 12.0. The summed E-state index contributed by atoms with van der Waals surface area (Å²) in [5, 5.41) is 3.45. The molecule has 1 aromatic rings. The number of benzene rings is 1. The van der Waals surface area contributed by atoms with Crippen molar-refractivity contribution in [2.45, 2.75) is 38.8 Å². The monoisotopic (exact) mass is 299 g/mol. The van der Waals surface area contributed by atoms with Crippen LogP contribution in [-0.4, -0.2) is 26.0 Å². The molecular weight excluding hydrogens is 277 g/mol. The normalized spacial score (nSPS) is 23.7. The first kappa shape index (κ1) is 15.4. The van der Waals surface area contributed by atoms with Crippen molar-refractivity contribution in [3.8, 4) is 0 Å². The average molecular weight is 299 g/mol. The van der Waals surface area contributed by atoms with Gasteiger partial charge in [-0.05, 0) is 36.5 Å². The molecule has 0 aromatic heterocycles. The van der Waals surface area contributed by atoms with Crippen molar-refractivity contribution < 1.29 is 12.8 Å². The number of rotatable bonds is 4. The zero-order valence-corrected chi connectivity index (χ0v) is 12.8. The molecule has 0 radical (unpaired) electrons. The second-order valence-corrected chi connectivity index (χ2v) is 8.12. The third-order valence-electron chi connectivity index (χ3n) is 3.77. The summed E-state index contributed by atoms with van der Waals surface area (Å²) >= 11 is 0. The highest BCUT2D eigenvalue weighted by molar-refractivity contribution is 7.91. The molecule has 0 saturated carbocycles. The number of hydrogen-bond acceptors (Lipinski definition) is 3. The second-order valence-electron chi connectivity index (χ2n) is 5.89. The van der Waals surface area contributed by atoms with Gasteiger partial charge in [-0.2, -0.15) is 0 Å². The molecule has 0 aliphatic carbocycles. The van der Waals surface area contributed by atoms with E-state index >= 15 is 0 Å². The van der Waals surface area contributed by atoms with Crippen LogP contribution >= 0.6 is 0 Å². The molecule has 1 fully saturated rings. The van der Waals surface area contributed by atoms with Crippen LogP contribution in [0, 0.1) is 11.7 Å². The van der Waals surface area contributed by atoms with Crippen LogP contribution in [-0.2, 0) is 9.84 Å². The Bertz CT molecular complexity index is 539. The smallest absolute Gasteiger partial charge is 0.151 e. The Morgan fingerprint density at radius 1 is 1.25 bits per heavy atom. The number of nitrogens with one attached hydrogen (secondary N) is 1. The molecule has 1 heterocycles. The topological polar surface area (TPSA) is 46.2 Å². The van der Waals surface area contributed by atoms with Gasteiger partial charge in [-0.25, -0.2) is 12.8 Å². The summed E-state index contributed by atoms with van der Waals surface area (Å²) in [6.45, 7) is 4.16. The van der Waals surface area contributed by atoms with Gasteiger partial charge in [-0.1, -0.05) is 26.0 Å². The summed E-state index contributed by atoms with van der Waals surface area (Å²) in [6, 6.07) is 6.47. The van der Waals surface area contributed by atoms with Crippen molar-refractivity contribution in [3.05, 3.63) is 35.6 Å². The van der Waals surface area contributed by atoms with Gasteiger partial charge >= 0.3 is 0 Å². The molecule has 2 unspecified atom stereocenters. The van der Waals surface area contributed by atoms with Crippen LogP contribution in [0.25, 0.3) is 0 Å². The minimum atomic E-state index is -2.91. The van der Waals surface area contributed by atoms with Crippen LogP contribution in [0.2, 0.25) is 0 Å². The summed E-state index contributed by atoms with van der Waals surface area (Å²) < 4.78 is 36.4. The highest BCUT2D eigenvalue weighted by Gasteiger charge is 2.27. The SMILES string of the molecule is CC(C)C(NC1CCCS(=O)(=O)C1)c1ccc(F)cc1. The van der Waals surface area contributed by atoms with Gasteiger partial charge in [0.2, 0.25) is 0 Å². The van der Waals surface area contributed by atoms with E-state index in [4.69, 9.17) is 0 Å². The van der Waals surface area contributed by atoms with Crippen LogP contribution in [0.5, 0.6) is 0 Å². The minimum absolute atomic E-state index is 0.00815. The summed E-state index contributed by atoms with van der Waals surface area (Å²) in [5.41, 5.74) is 1.00. The van der Waals surface area contributed by atoms with E-state index in [1.165, 1.54) is 12.1 Å². The molecule has 2 rings (SSSR count). The predicted octanol–water partition coefficient (Wildman–Crippen LogP) is 2.69. The summed E-state index contributed by atoms with van der Waals surface area (Å²) in [5.74, 6) is 0.562. The van der Waals surface area contributed by atoms with Crippen LogP contribution in [0.1, 0.15) is 38.3 Å². The molecule has 0 amide bonds. The molecule has 1 aliphatic rings. The summed E-state index contributed by atoms with van der Waals surface area (Å²) in [4.78, 5) is 0. The van der Waals surface area contributed by atoms with Crippen LogP contribution < -0.4 is 5.32 Å². The van der Waals surface area contributed by atoms with Gasteiger partial charge in [0, 0.05) is 12.1 Å². The van der Waals surface area contributed by atoms with E-state index in [0.29, 0.717) is 18.1 Å². The lowest BCUT2D eigenvalue weighted by atomic mass is 9.94. The van der Waals surface area contributed by atoms with Gasteiger partial charge in [0.25, 0.3) is 0 Å². The van der Waals surface area contributed by atoms with Crippen molar-refractivity contribution in [3.63, 3.8) is 0 Å². The Balaban J connectivity index is 2.12. The largest absolute Gasteiger partial charge is 0.306 e. The fraction of sp³-hybridized carbons (Fsp3) is 0.600. The van der Waals surface area contributed by atoms with Crippen LogP contribution in [0.3, 0.4) is 0 Å². The first-order valence-corrected chi connectivity index (χ1v) is 8.91. The van der Waals surface area contributed by atoms with E-state index in [1.54, 1.807) is 12.1 Å². The first-order chi connectivity index (χ1) is 9.37. The molecule has 0 spiro atoms. The lowest BCUT2D eigenvalue weighted by molar-refractivity contribution is 0.353. The molecule has 1 saturated heterocycles. The van der Waals surface area contributed by atoms with E-state index in [2.05, 4.69) is 19.2 Å². The number of halogens is 1. The Labute approximate surface area is 120 Å². The molecule has 1 aliphatic heterocycles. The van der Waals surface area contributed by atoms with Gasteiger partial charge in [0.15, 0.2) is 9.84 Å². The van der Waals surface area contributed by atoms with Crippen LogP contribution in [0.4, 0.5) is 4.39 Å². The molecule has 20 heavy (non-hydrogen) atoms. The standard InChI is InChI=1S/C15H22FNO2S/c1-11(2)15(12-5-7-13(16)8-6-12)17-14-4-3-9-20(18,19)10-14/h5-8,11,14-15,17H,3-4,9-10H2,1-2H3. The van der Waals surface area contributed by atoms with Crippen molar-refractivity contribution in [2.24, 2.45) is 5.92 Å². The molecule has 112 valence electrons. The molecule has 3 nitrogen and oxygen atoms in total. The van der Waals surface area contributed by atoms with Crippen molar-refractivity contribution in [1.82, 2.24) is 5.32 Å². The van der Waals surface area contributed by atoms with E-state index in [0.717, 1.165) is 12.0 Å². The van der Waals surface area contributed by atoms with Crippen molar-refractivity contribution in [1.29, 1.82) is 0 Å². The second kappa shape index (κ2) is 6.22. The quantitative estimate of drug-likeness (QED) is 0.930. The number of sulfone groups is 1. The third-order valence-corrected chi connectivity index (χ3v) is 5.60. The average Bonchev–Trinajstić information content (AvgIpc) is 2.36. The van der Waals surface area contributed by atoms with Crippen molar-refractivity contribution in [2.75, 3.05) is 11.5 Å². The molecule has 1 N–H and O–H groups in total. The van der Waals surface area contributed by atoms with E-state index < -0.39 is 9.84 Å². The number of hydrogen-bond donors (Lipinski definition) is 1. The Hall–Kier alpha value is -0.940. The lowest BCUT2D eigenvalue weighted by Gasteiger charge is -2.31. The van der Waals surface area contributed by atoms with Gasteiger partial charge in [0.1, 0.15) is 5.82 Å². The molecular formula is C15H22FNO2S. The molecule has 1 aromatic carbocycles. The third kappa shape index (κ3) is 4.03. The molecule has 5 heteroatoms. The van der Waals surface area contributed by atoms with Gasteiger partial charge < -0.3 is 5.32 Å². The Kier molecular flexibility index (Phi) is 4.81. The summed E-state index contributed by atoms with van der Waals surface area (Å²) in [6.07, 6.45) is 1.60. The molecule has 2 atom stereocenters. The Morgan fingerprint density at radius 3 is 2.45 bits per heavy atom. The van der Waals surface area contributed by atoms with Crippen LogP contribution in [0.15, 0.2) is 24.3 Å². The minimum Gasteiger partial charge on any atom is -0.306 e. The fourth-order valence-corrected chi connectivity index (χ4v) is 4.40. The predicted molar refractivity (Wildman–Crippen MR) is 78.8 cm³/mol. The maximum Gasteiger partial charge on any atom is 0.151 e. The highest BCUT2D eigenvalue weighted by atomic mass is 32.2. The Morgan fingerprint density at radius 2 is 1.90 bits per heavy atom. The first-order valence-electron chi connectivity index (χ1n) is 7.09. The van der Waals surface area contributed by atoms with E-state index in [-0.39, 0.29) is 23.7 Å². The fourth-order valence-electron chi connectivity index (χ4n) is 2.75. The van der Waals surface area contributed by atoms with Gasteiger partial charge in [0.05, 0.1) is 11.5 Å². The van der Waals surface area contributed by atoms with Gasteiger partial charge in [-0.15, -0.1) is 0 Å². The maximum atomic E-state index is 13.0.